The van der Waals surface area contributed by atoms with Crippen molar-refractivity contribution >= 4 is 17.8 Å². The second-order valence-corrected chi connectivity index (χ2v) is 5.99. The van der Waals surface area contributed by atoms with Gasteiger partial charge in [-0.3, -0.25) is 4.98 Å². The minimum Gasteiger partial charge on any atom is -0.394 e. The Morgan fingerprint density at radius 1 is 1.12 bits per heavy atom. The number of aromatic nitrogens is 1. The zero-order valence-electron chi connectivity index (χ0n) is 14.8. The number of anilines is 1. The highest BCUT2D eigenvalue weighted by Gasteiger charge is 2.03. The van der Waals surface area contributed by atoms with Crippen LogP contribution in [-0.2, 0) is 4.74 Å². The molecular formula is C20H26N2O3. The summed E-state index contributed by atoms with van der Waals surface area (Å²) in [5.41, 5.74) is 4.31. The highest BCUT2D eigenvalue weighted by molar-refractivity contribution is 5.70. The summed E-state index contributed by atoms with van der Waals surface area (Å²) >= 11 is 0. The van der Waals surface area contributed by atoms with Crippen molar-refractivity contribution in [3.8, 4) is 0 Å². The molecule has 2 rings (SSSR count). The lowest BCUT2D eigenvalue weighted by Gasteiger charge is -2.19. The zero-order chi connectivity index (χ0) is 18.1. The van der Waals surface area contributed by atoms with Gasteiger partial charge in [0.25, 0.3) is 0 Å². The third kappa shape index (κ3) is 6.66. The molecule has 25 heavy (non-hydrogen) atoms. The molecule has 1 aromatic heterocycles. The maximum absolute atomic E-state index is 9.22. The first-order chi connectivity index (χ1) is 12.1. The number of aliphatic hydroxyl groups excluding tert-OH is 2. The van der Waals surface area contributed by atoms with E-state index in [2.05, 4.69) is 46.3 Å². The molecule has 0 spiro atoms. The fourth-order valence-electron chi connectivity index (χ4n) is 2.21. The second-order valence-electron chi connectivity index (χ2n) is 5.99. The third-order valence-electron chi connectivity index (χ3n) is 3.83. The van der Waals surface area contributed by atoms with E-state index in [0.29, 0.717) is 13.2 Å². The van der Waals surface area contributed by atoms with Crippen molar-refractivity contribution < 1.29 is 14.9 Å². The van der Waals surface area contributed by atoms with Gasteiger partial charge in [0.2, 0.25) is 0 Å². The number of pyridine rings is 1. The van der Waals surface area contributed by atoms with E-state index in [0.717, 1.165) is 22.5 Å². The largest absolute Gasteiger partial charge is 0.394 e. The normalized spacial score (nSPS) is 12.5. The van der Waals surface area contributed by atoms with E-state index in [1.807, 2.05) is 32.3 Å². The van der Waals surface area contributed by atoms with Crippen LogP contribution in [0.4, 0.5) is 5.69 Å². The first kappa shape index (κ1) is 19.1. The first-order valence-corrected chi connectivity index (χ1v) is 8.37. The Morgan fingerprint density at radius 3 is 2.44 bits per heavy atom. The van der Waals surface area contributed by atoms with Gasteiger partial charge >= 0.3 is 0 Å². The molecule has 0 aliphatic heterocycles. The predicted molar refractivity (Wildman–Crippen MR) is 102 cm³/mol. The fourth-order valence-corrected chi connectivity index (χ4v) is 2.21. The van der Waals surface area contributed by atoms with Gasteiger partial charge in [-0.15, -0.1) is 0 Å². The van der Waals surface area contributed by atoms with Crippen LogP contribution in [0.1, 0.15) is 16.8 Å². The average Bonchev–Trinajstić information content (AvgIpc) is 2.64. The van der Waals surface area contributed by atoms with Crippen LogP contribution in [0.2, 0.25) is 0 Å². The maximum Gasteiger partial charge on any atom is 0.100 e. The Balaban J connectivity index is 1.83. The molecule has 0 saturated heterocycles. The van der Waals surface area contributed by atoms with Crippen LogP contribution in [0.15, 0.2) is 42.6 Å². The van der Waals surface area contributed by atoms with Gasteiger partial charge in [-0.25, -0.2) is 0 Å². The number of hydrogen-bond donors (Lipinski definition) is 2. The molecule has 0 saturated carbocycles. The monoisotopic (exact) mass is 342 g/mol. The SMILES string of the molecule is Cc1ccc(/C=C/c2ccc(N(C)CCOCC(O)CO)cc2)cn1. The van der Waals surface area contributed by atoms with Gasteiger partial charge < -0.3 is 19.8 Å². The quantitative estimate of drug-likeness (QED) is 0.685. The van der Waals surface area contributed by atoms with Gasteiger partial charge in [0.15, 0.2) is 0 Å². The van der Waals surface area contributed by atoms with E-state index in [-0.39, 0.29) is 13.2 Å². The minimum absolute atomic E-state index is 0.155. The highest BCUT2D eigenvalue weighted by atomic mass is 16.5. The van der Waals surface area contributed by atoms with Crippen LogP contribution in [0.5, 0.6) is 0 Å². The van der Waals surface area contributed by atoms with Crippen LogP contribution in [0.25, 0.3) is 12.2 Å². The van der Waals surface area contributed by atoms with Crippen LogP contribution >= 0.6 is 0 Å². The van der Waals surface area contributed by atoms with Crippen LogP contribution in [0, 0.1) is 6.92 Å². The van der Waals surface area contributed by atoms with Gasteiger partial charge in [-0.05, 0) is 36.2 Å². The van der Waals surface area contributed by atoms with E-state index in [9.17, 15) is 5.11 Å². The number of hydrogen-bond acceptors (Lipinski definition) is 5. The fraction of sp³-hybridized carbons (Fsp3) is 0.350. The second kappa shape index (κ2) is 9.93. The van der Waals surface area contributed by atoms with Crippen LogP contribution in [0.3, 0.4) is 0 Å². The topological polar surface area (TPSA) is 65.8 Å². The van der Waals surface area contributed by atoms with Gasteiger partial charge in [0, 0.05) is 31.2 Å². The first-order valence-electron chi connectivity index (χ1n) is 8.37. The molecule has 1 aromatic carbocycles. The molecule has 2 N–H and O–H groups in total. The number of aliphatic hydroxyl groups is 2. The molecule has 1 atom stereocenters. The molecular weight excluding hydrogens is 316 g/mol. The molecule has 0 radical (unpaired) electrons. The Bertz CT molecular complexity index is 654. The number of aryl methyl sites for hydroxylation is 1. The van der Waals surface area contributed by atoms with Crippen LogP contribution < -0.4 is 4.90 Å². The maximum atomic E-state index is 9.22. The Labute approximate surface area is 149 Å². The lowest BCUT2D eigenvalue weighted by Crippen LogP contribution is -2.26. The summed E-state index contributed by atoms with van der Waals surface area (Å²) in [6.07, 6.45) is 5.17. The number of ether oxygens (including phenoxy) is 1. The van der Waals surface area contributed by atoms with Crippen molar-refractivity contribution in [3.05, 3.63) is 59.4 Å². The smallest absolute Gasteiger partial charge is 0.100 e. The van der Waals surface area contributed by atoms with Gasteiger partial charge in [0.1, 0.15) is 6.10 Å². The van der Waals surface area contributed by atoms with Crippen molar-refractivity contribution in [2.45, 2.75) is 13.0 Å². The Kier molecular flexibility index (Phi) is 7.60. The van der Waals surface area contributed by atoms with Crippen molar-refractivity contribution in [2.75, 3.05) is 38.3 Å². The molecule has 1 heterocycles. The van der Waals surface area contributed by atoms with Gasteiger partial charge in [0.05, 0.1) is 19.8 Å². The predicted octanol–water partition coefficient (Wildman–Crippen LogP) is 2.37. The van der Waals surface area contributed by atoms with E-state index < -0.39 is 6.10 Å². The molecule has 5 nitrogen and oxygen atoms in total. The van der Waals surface area contributed by atoms with E-state index in [1.165, 1.54) is 0 Å². The standard InChI is InChI=1S/C20H26N2O3/c1-16-3-4-18(13-21-16)6-5-17-7-9-19(10-8-17)22(2)11-12-25-15-20(24)14-23/h3-10,13,20,23-24H,11-12,14-15H2,1-2H3/b6-5+. The molecule has 1 unspecified atom stereocenters. The molecule has 0 fully saturated rings. The van der Waals surface area contributed by atoms with Gasteiger partial charge in [-0.2, -0.15) is 0 Å². The average molecular weight is 342 g/mol. The number of likely N-dealkylation sites (N-methyl/N-ethyl adjacent to an activating group) is 1. The number of rotatable bonds is 9. The lowest BCUT2D eigenvalue weighted by molar-refractivity contribution is 0.00857. The Morgan fingerprint density at radius 2 is 1.80 bits per heavy atom. The number of benzene rings is 1. The van der Waals surface area contributed by atoms with Crippen molar-refractivity contribution in [2.24, 2.45) is 0 Å². The molecule has 2 aromatic rings. The molecule has 0 bridgehead atoms. The summed E-state index contributed by atoms with van der Waals surface area (Å²) in [5.74, 6) is 0. The molecule has 0 amide bonds. The molecule has 0 aliphatic rings. The summed E-state index contributed by atoms with van der Waals surface area (Å²) in [4.78, 5) is 6.37. The van der Waals surface area contributed by atoms with Crippen molar-refractivity contribution in [1.82, 2.24) is 4.98 Å². The van der Waals surface area contributed by atoms with Crippen molar-refractivity contribution in [1.29, 1.82) is 0 Å². The minimum atomic E-state index is -0.805. The summed E-state index contributed by atoms with van der Waals surface area (Å²) in [6.45, 7) is 3.06. The molecule has 0 aliphatic carbocycles. The molecule has 5 heteroatoms. The summed E-state index contributed by atoms with van der Waals surface area (Å²) < 4.78 is 5.33. The van der Waals surface area contributed by atoms with E-state index in [4.69, 9.17) is 9.84 Å². The van der Waals surface area contributed by atoms with Crippen LogP contribution in [-0.4, -0.2) is 54.7 Å². The summed E-state index contributed by atoms with van der Waals surface area (Å²) in [5, 5.41) is 17.9. The third-order valence-corrected chi connectivity index (χ3v) is 3.83. The van der Waals surface area contributed by atoms with Crippen molar-refractivity contribution in [3.63, 3.8) is 0 Å². The van der Waals surface area contributed by atoms with E-state index >= 15 is 0 Å². The summed E-state index contributed by atoms with van der Waals surface area (Å²) in [6, 6.07) is 12.3. The summed E-state index contributed by atoms with van der Waals surface area (Å²) in [7, 11) is 1.99. The Hall–Kier alpha value is -2.21. The highest BCUT2D eigenvalue weighted by Crippen LogP contribution is 2.15. The number of nitrogens with zero attached hydrogens (tertiary/aromatic N) is 2. The lowest BCUT2D eigenvalue weighted by atomic mass is 10.1. The zero-order valence-corrected chi connectivity index (χ0v) is 14.8. The van der Waals surface area contributed by atoms with E-state index in [1.54, 1.807) is 0 Å². The molecule has 134 valence electrons. The van der Waals surface area contributed by atoms with Gasteiger partial charge in [-0.1, -0.05) is 30.4 Å².